The summed E-state index contributed by atoms with van der Waals surface area (Å²) in [5.74, 6) is -0.913. The summed E-state index contributed by atoms with van der Waals surface area (Å²) in [7, 11) is -19.0. The Balaban J connectivity index is 1.22. The molecule has 6 aromatic carbocycles. The fourth-order valence-electron chi connectivity index (χ4n) is 5.35. The Morgan fingerprint density at radius 2 is 0.857 bits per heavy atom. The number of urea groups is 1. The largest absolute Gasteiger partial charge is 0.744 e. The molecule has 6 aromatic rings. The van der Waals surface area contributed by atoms with Gasteiger partial charge in [-0.15, -0.1) is 0 Å². The number of rotatable bonds is 10. The predicted molar refractivity (Wildman–Crippen MR) is 204 cm³/mol. The SMILES string of the molecule is O=C(Nc1ccc2c(O)cc(S(=O)(=O)Nc3ccc(Cl)c(S(=O)(=O)[O-])c3)cc2c1)Nc1ccc2c(O)cc(S(=O)(=O)Nc3ccc(Cl)c(S(=O)(=O)[O-])c3)cc2c1. The number of hydrogen-bond donors (Lipinski definition) is 6. The van der Waals surface area contributed by atoms with E-state index in [0.29, 0.717) is 0 Å². The van der Waals surface area contributed by atoms with E-state index >= 15 is 0 Å². The smallest absolute Gasteiger partial charge is 0.323 e. The normalized spacial score (nSPS) is 12.4. The molecule has 0 saturated carbocycles. The zero-order valence-electron chi connectivity index (χ0n) is 27.5. The molecule has 0 aliphatic carbocycles. The van der Waals surface area contributed by atoms with E-state index in [1.54, 1.807) is 0 Å². The number of amides is 2. The molecule has 0 fully saturated rings. The number of nitrogens with one attached hydrogen (secondary N) is 4. The number of benzene rings is 6. The second kappa shape index (κ2) is 14.6. The van der Waals surface area contributed by atoms with Gasteiger partial charge in [0.1, 0.15) is 31.7 Å². The molecule has 0 radical (unpaired) electrons. The Hall–Kier alpha value is -5.39. The Morgan fingerprint density at radius 3 is 1.21 bits per heavy atom. The van der Waals surface area contributed by atoms with Crippen molar-refractivity contribution in [1.29, 1.82) is 0 Å². The summed E-state index contributed by atoms with van der Waals surface area (Å²) in [6.07, 6.45) is 0. The number of phenols is 2. The minimum atomic E-state index is -5.04. The molecule has 17 nitrogen and oxygen atoms in total. The molecule has 0 aliphatic heterocycles. The number of carbonyl (C=O) groups is 1. The van der Waals surface area contributed by atoms with Crippen LogP contribution in [0.3, 0.4) is 0 Å². The quantitative estimate of drug-likeness (QED) is 0.0893. The molecular weight excluding hydrogens is 860 g/mol. The van der Waals surface area contributed by atoms with Crippen molar-refractivity contribution >= 4 is 114 Å². The number of anilines is 4. The van der Waals surface area contributed by atoms with Gasteiger partial charge in [-0.3, -0.25) is 9.44 Å². The van der Waals surface area contributed by atoms with Gasteiger partial charge in [-0.05, 0) is 95.7 Å². The summed E-state index contributed by atoms with van der Waals surface area (Å²) in [4.78, 5) is 10.4. The minimum absolute atomic E-state index is 0.132. The molecule has 0 saturated heterocycles. The van der Waals surface area contributed by atoms with Crippen LogP contribution in [0.1, 0.15) is 0 Å². The fraction of sp³-hybridized carbons (Fsp3) is 0. The molecule has 2 amide bonds. The molecule has 6 rings (SSSR count). The summed E-state index contributed by atoms with van der Waals surface area (Å²) in [6, 6.07) is 17.4. The van der Waals surface area contributed by atoms with Crippen molar-refractivity contribution in [3.63, 3.8) is 0 Å². The third-order valence-corrected chi connectivity index (χ3v) is 13.2. The second-order valence-corrected chi connectivity index (χ2v) is 18.6. The van der Waals surface area contributed by atoms with Crippen molar-refractivity contribution in [3.05, 3.63) is 107 Å². The molecule has 0 aliphatic rings. The van der Waals surface area contributed by atoms with Crippen LogP contribution in [-0.2, 0) is 40.3 Å². The van der Waals surface area contributed by atoms with Crippen LogP contribution in [0.15, 0.2) is 117 Å². The van der Waals surface area contributed by atoms with Crippen LogP contribution in [0.25, 0.3) is 21.5 Å². The first-order valence-electron chi connectivity index (χ1n) is 15.2. The number of aromatic hydroxyl groups is 2. The molecule has 0 unspecified atom stereocenters. The van der Waals surface area contributed by atoms with Crippen LogP contribution in [-0.4, -0.2) is 59.0 Å². The number of sulfonamides is 2. The highest BCUT2D eigenvalue weighted by atomic mass is 35.5. The van der Waals surface area contributed by atoms with Gasteiger partial charge in [-0.2, -0.15) is 0 Å². The Bertz CT molecular complexity index is 2890. The number of halogens is 2. The predicted octanol–water partition coefficient (Wildman–Crippen LogP) is 5.76. The lowest BCUT2D eigenvalue weighted by Crippen LogP contribution is -2.19. The Labute approximate surface area is 328 Å². The van der Waals surface area contributed by atoms with E-state index in [1.807, 2.05) is 0 Å². The number of phenolic OH excluding ortho intramolecular Hbond substituents is 2. The van der Waals surface area contributed by atoms with Crippen molar-refractivity contribution < 1.29 is 57.8 Å². The first-order chi connectivity index (χ1) is 26.0. The summed E-state index contributed by atoms with van der Waals surface area (Å²) < 4.78 is 126. The maximum Gasteiger partial charge on any atom is 0.323 e. The fourth-order valence-corrected chi connectivity index (χ4v) is 9.52. The van der Waals surface area contributed by atoms with Crippen LogP contribution in [0.4, 0.5) is 27.5 Å². The van der Waals surface area contributed by atoms with Crippen molar-refractivity contribution in [2.24, 2.45) is 0 Å². The van der Waals surface area contributed by atoms with Crippen LogP contribution in [0.2, 0.25) is 10.0 Å². The topological polar surface area (TPSA) is 288 Å². The molecule has 0 aromatic heterocycles. The second-order valence-electron chi connectivity index (χ2n) is 11.7. The van der Waals surface area contributed by atoms with Gasteiger partial charge in [-0.1, -0.05) is 23.2 Å². The van der Waals surface area contributed by atoms with Crippen LogP contribution >= 0.6 is 23.2 Å². The summed E-state index contributed by atoms with van der Waals surface area (Å²) in [5, 5.41) is 26.2. The molecule has 0 bridgehead atoms. The lowest BCUT2D eigenvalue weighted by molar-refractivity contribution is 0.262. The van der Waals surface area contributed by atoms with E-state index in [1.165, 1.54) is 36.4 Å². The van der Waals surface area contributed by atoms with E-state index in [-0.39, 0.29) is 44.3 Å². The maximum absolute atomic E-state index is 13.2. The van der Waals surface area contributed by atoms with Crippen LogP contribution in [0, 0.1) is 0 Å². The first kappa shape index (κ1) is 40.3. The van der Waals surface area contributed by atoms with E-state index in [9.17, 15) is 57.8 Å². The van der Waals surface area contributed by atoms with Crippen LogP contribution < -0.4 is 20.1 Å². The van der Waals surface area contributed by atoms with Gasteiger partial charge in [0.15, 0.2) is 0 Å². The average molecular weight is 882 g/mol. The average Bonchev–Trinajstić information content (AvgIpc) is 3.08. The van der Waals surface area contributed by atoms with Gasteiger partial charge in [-0.25, -0.2) is 38.5 Å². The zero-order valence-corrected chi connectivity index (χ0v) is 32.3. The van der Waals surface area contributed by atoms with E-state index in [2.05, 4.69) is 20.1 Å². The van der Waals surface area contributed by atoms with Gasteiger partial charge in [0.2, 0.25) is 0 Å². The van der Waals surface area contributed by atoms with Crippen molar-refractivity contribution in [1.82, 2.24) is 0 Å². The van der Waals surface area contributed by atoms with Gasteiger partial charge < -0.3 is 30.0 Å². The van der Waals surface area contributed by atoms with Crippen molar-refractivity contribution in [3.8, 4) is 11.5 Å². The maximum atomic E-state index is 13.2. The number of hydrogen-bond acceptors (Lipinski definition) is 13. The standard InChI is InChI=1S/C33H24Cl2N4O13S4/c34-27-7-3-21(13-31(27)55(47,48)49)38-53(43,44)23-11-17-9-19(1-5-25(17)29(40)15-23)36-33(42)37-20-2-6-26-18(10-20)12-24(16-30(26)41)54(45,46)39-22-4-8-28(35)32(14-22)56(50,51)52/h1-16,38-41H,(H2,36,37,42)(H,47,48,49)(H,50,51,52)/p-2. The Kier molecular flexibility index (Phi) is 10.5. The van der Waals surface area contributed by atoms with Gasteiger partial charge in [0.25, 0.3) is 20.0 Å². The molecular formula is C33H22Cl2N4O13S4-2. The third kappa shape index (κ3) is 8.69. The van der Waals surface area contributed by atoms with Crippen molar-refractivity contribution in [2.75, 3.05) is 20.1 Å². The van der Waals surface area contributed by atoms with E-state index < -0.39 is 87.4 Å². The van der Waals surface area contributed by atoms with E-state index in [4.69, 9.17) is 23.2 Å². The van der Waals surface area contributed by atoms with Crippen LogP contribution in [0.5, 0.6) is 11.5 Å². The van der Waals surface area contributed by atoms with Gasteiger partial charge in [0.05, 0.1) is 41.0 Å². The lowest BCUT2D eigenvalue weighted by atomic mass is 10.1. The monoisotopic (exact) mass is 880 g/mol. The highest BCUT2D eigenvalue weighted by Gasteiger charge is 2.21. The molecule has 0 atom stereocenters. The summed E-state index contributed by atoms with van der Waals surface area (Å²) in [6.45, 7) is 0. The first-order valence-corrected chi connectivity index (χ1v) is 21.7. The van der Waals surface area contributed by atoms with Gasteiger partial charge in [0, 0.05) is 34.3 Å². The minimum Gasteiger partial charge on any atom is -0.744 e. The Morgan fingerprint density at radius 1 is 0.500 bits per heavy atom. The van der Waals surface area contributed by atoms with Crippen molar-refractivity contribution in [2.45, 2.75) is 19.6 Å². The summed E-state index contributed by atoms with van der Waals surface area (Å²) >= 11 is 11.5. The molecule has 0 spiro atoms. The molecule has 23 heteroatoms. The van der Waals surface area contributed by atoms with E-state index in [0.717, 1.165) is 60.7 Å². The highest BCUT2D eigenvalue weighted by molar-refractivity contribution is 7.93. The molecule has 292 valence electrons. The summed E-state index contributed by atoms with van der Waals surface area (Å²) in [5.41, 5.74) is -0.343. The number of fused-ring (bicyclic) bond motifs is 2. The highest BCUT2D eigenvalue weighted by Crippen LogP contribution is 2.34. The lowest BCUT2D eigenvalue weighted by Gasteiger charge is -2.14. The zero-order chi connectivity index (χ0) is 41.0. The molecule has 6 N–H and O–H groups in total. The number of carbonyl (C=O) groups excluding carboxylic acids is 1. The third-order valence-electron chi connectivity index (χ3n) is 7.85. The van der Waals surface area contributed by atoms with Gasteiger partial charge >= 0.3 is 6.03 Å². The molecule has 0 heterocycles. The molecule has 56 heavy (non-hydrogen) atoms.